The monoisotopic (exact) mass is 313 g/mol. The van der Waals surface area contributed by atoms with Gasteiger partial charge in [-0.3, -0.25) is 14.4 Å². The Hall–Kier alpha value is -1.67. The lowest BCUT2D eigenvalue weighted by Crippen LogP contribution is -2.71. The summed E-state index contributed by atoms with van der Waals surface area (Å²) >= 11 is 0. The minimum Gasteiger partial charge on any atom is -0.394 e. The second-order valence-electron chi connectivity index (χ2n) is 6.29. The number of hydrogen-bond acceptors (Lipinski definition) is 5. The summed E-state index contributed by atoms with van der Waals surface area (Å²) in [6.45, 7) is 2.23. The maximum Gasteiger partial charge on any atom is 0.242 e. The highest BCUT2D eigenvalue weighted by atomic mass is 16.3. The fraction of sp³-hybridized carbons (Fsp3) is 0.786. The molecule has 3 atom stereocenters. The zero-order valence-corrected chi connectivity index (χ0v) is 12.7. The molecule has 0 saturated carbocycles. The fourth-order valence-corrected chi connectivity index (χ4v) is 3.30. The normalized spacial score (nSPS) is 27.5. The van der Waals surface area contributed by atoms with Gasteiger partial charge in [-0.1, -0.05) is 0 Å². The average Bonchev–Trinajstić information content (AvgIpc) is 2.46. The van der Waals surface area contributed by atoms with Crippen LogP contribution in [0.25, 0.3) is 0 Å². The van der Waals surface area contributed by atoms with Crippen LogP contribution in [-0.4, -0.2) is 76.1 Å². The molecule has 2 aliphatic heterocycles. The molecule has 2 rings (SSSR count). The van der Waals surface area contributed by atoms with Crippen LogP contribution in [0.5, 0.6) is 0 Å². The molecule has 2 heterocycles. The number of nitrogens with zero attached hydrogens (tertiary/aromatic N) is 2. The Morgan fingerprint density at radius 3 is 2.59 bits per heavy atom. The van der Waals surface area contributed by atoms with Crippen molar-refractivity contribution < 1.29 is 24.6 Å². The molecule has 0 aromatic heterocycles. The summed E-state index contributed by atoms with van der Waals surface area (Å²) in [5, 5.41) is 18.5. The van der Waals surface area contributed by atoms with Crippen molar-refractivity contribution >= 4 is 17.7 Å². The van der Waals surface area contributed by atoms with Gasteiger partial charge in [0, 0.05) is 19.6 Å². The van der Waals surface area contributed by atoms with E-state index in [2.05, 4.69) is 0 Å². The van der Waals surface area contributed by atoms with Crippen LogP contribution in [0.15, 0.2) is 0 Å². The van der Waals surface area contributed by atoms with Crippen molar-refractivity contribution in [3.05, 3.63) is 0 Å². The third-order valence-electron chi connectivity index (χ3n) is 4.46. The lowest BCUT2D eigenvalue weighted by molar-refractivity contribution is -0.176. The number of aliphatic hydroxyl groups excluding tert-OH is 2. The van der Waals surface area contributed by atoms with Gasteiger partial charge in [0.2, 0.25) is 17.7 Å². The molecular weight excluding hydrogens is 290 g/mol. The fourth-order valence-electron chi connectivity index (χ4n) is 3.30. The number of rotatable bonds is 5. The summed E-state index contributed by atoms with van der Waals surface area (Å²) in [5.74, 6) is -1.14. The zero-order chi connectivity index (χ0) is 16.5. The zero-order valence-electron chi connectivity index (χ0n) is 12.7. The molecule has 1 unspecified atom stereocenters. The number of hydrogen-bond donors (Lipinski definition) is 3. The Balaban J connectivity index is 2.02. The maximum atomic E-state index is 12.5. The third-order valence-corrected chi connectivity index (χ3v) is 4.46. The second kappa shape index (κ2) is 6.21. The molecule has 0 radical (unpaired) electrons. The van der Waals surface area contributed by atoms with E-state index in [0.29, 0.717) is 32.5 Å². The highest BCUT2D eigenvalue weighted by Crippen LogP contribution is 2.41. The Morgan fingerprint density at radius 1 is 1.41 bits per heavy atom. The van der Waals surface area contributed by atoms with Crippen molar-refractivity contribution in [1.82, 2.24) is 9.80 Å². The first-order valence-electron chi connectivity index (χ1n) is 7.48. The number of carbonyl (C=O) groups is 3. The van der Waals surface area contributed by atoms with Crippen LogP contribution in [-0.2, 0) is 14.4 Å². The largest absolute Gasteiger partial charge is 0.394 e. The average molecular weight is 313 g/mol. The van der Waals surface area contributed by atoms with Gasteiger partial charge in [0.15, 0.2) is 0 Å². The molecule has 124 valence electrons. The van der Waals surface area contributed by atoms with Crippen LogP contribution >= 0.6 is 0 Å². The van der Waals surface area contributed by atoms with Gasteiger partial charge in [-0.05, 0) is 19.8 Å². The molecule has 2 fully saturated rings. The van der Waals surface area contributed by atoms with E-state index in [9.17, 15) is 24.6 Å². The van der Waals surface area contributed by atoms with Gasteiger partial charge < -0.3 is 25.7 Å². The van der Waals surface area contributed by atoms with Crippen molar-refractivity contribution in [2.24, 2.45) is 11.1 Å². The van der Waals surface area contributed by atoms with E-state index in [0.717, 1.165) is 0 Å². The molecule has 2 saturated heterocycles. The van der Waals surface area contributed by atoms with Crippen LogP contribution in [0.4, 0.5) is 0 Å². The van der Waals surface area contributed by atoms with E-state index >= 15 is 0 Å². The predicted octanol–water partition coefficient (Wildman–Crippen LogP) is -1.95. The Labute approximate surface area is 128 Å². The lowest BCUT2D eigenvalue weighted by Gasteiger charge is -2.54. The number of primary amides is 1. The topological polar surface area (TPSA) is 124 Å². The summed E-state index contributed by atoms with van der Waals surface area (Å²) in [7, 11) is 0. The summed E-state index contributed by atoms with van der Waals surface area (Å²) in [4.78, 5) is 38.6. The molecule has 0 aliphatic carbocycles. The number of aliphatic hydroxyl groups is 2. The van der Waals surface area contributed by atoms with E-state index in [-0.39, 0.29) is 18.2 Å². The molecule has 2 aliphatic rings. The molecule has 4 N–H and O–H groups in total. The number of carbonyl (C=O) groups excluding carboxylic acids is 3. The standard InChI is InChI=1S/C14H23N3O5/c1-9(19)5-11(20)16-4-2-3-14(7-16)8-17(13(14)22)10(6-18)12(15)21/h9-10,18-19H,2-8H2,1H3,(H2,15,21)/t9-,10+,14?/m1/s1. The van der Waals surface area contributed by atoms with Crippen LogP contribution in [0.1, 0.15) is 26.2 Å². The van der Waals surface area contributed by atoms with Crippen LogP contribution < -0.4 is 5.73 Å². The first-order valence-corrected chi connectivity index (χ1v) is 7.48. The van der Waals surface area contributed by atoms with Crippen LogP contribution in [0.2, 0.25) is 0 Å². The van der Waals surface area contributed by atoms with Crippen molar-refractivity contribution in [1.29, 1.82) is 0 Å². The molecule has 3 amide bonds. The molecule has 8 nitrogen and oxygen atoms in total. The van der Waals surface area contributed by atoms with Gasteiger partial charge in [0.25, 0.3) is 0 Å². The van der Waals surface area contributed by atoms with Gasteiger partial charge in [0.1, 0.15) is 6.04 Å². The third kappa shape index (κ3) is 2.93. The van der Waals surface area contributed by atoms with Gasteiger partial charge in [0.05, 0.1) is 24.5 Å². The SMILES string of the molecule is C[C@@H](O)CC(=O)N1CCCC2(C1)CN([C@@H](CO)C(N)=O)C2=O. The second-order valence-corrected chi connectivity index (χ2v) is 6.29. The quantitative estimate of drug-likeness (QED) is 0.509. The first kappa shape index (κ1) is 16.7. The van der Waals surface area contributed by atoms with E-state index in [1.165, 1.54) is 4.90 Å². The van der Waals surface area contributed by atoms with Gasteiger partial charge >= 0.3 is 0 Å². The first-order chi connectivity index (χ1) is 10.3. The Bertz CT molecular complexity index is 481. The van der Waals surface area contributed by atoms with E-state index in [1.54, 1.807) is 11.8 Å². The molecule has 0 bridgehead atoms. The molecule has 0 aromatic rings. The highest BCUT2D eigenvalue weighted by molar-refractivity contribution is 5.94. The summed E-state index contributed by atoms with van der Waals surface area (Å²) < 4.78 is 0. The maximum absolute atomic E-state index is 12.5. The molecule has 1 spiro atoms. The van der Waals surface area contributed by atoms with Gasteiger partial charge in [-0.25, -0.2) is 0 Å². The summed E-state index contributed by atoms with van der Waals surface area (Å²) in [5.41, 5.74) is 4.51. The molecule has 22 heavy (non-hydrogen) atoms. The molecule has 8 heteroatoms. The number of likely N-dealkylation sites (tertiary alicyclic amines) is 2. The van der Waals surface area contributed by atoms with E-state index in [1.807, 2.05) is 0 Å². The van der Waals surface area contributed by atoms with E-state index < -0.39 is 30.1 Å². The summed E-state index contributed by atoms with van der Waals surface area (Å²) in [6, 6.07) is -0.998. The Kier molecular flexibility index (Phi) is 4.72. The Morgan fingerprint density at radius 2 is 2.09 bits per heavy atom. The minimum absolute atomic E-state index is 0.0362. The van der Waals surface area contributed by atoms with Crippen LogP contribution in [0, 0.1) is 5.41 Å². The van der Waals surface area contributed by atoms with Crippen molar-refractivity contribution in [3.8, 4) is 0 Å². The lowest BCUT2D eigenvalue weighted by atomic mass is 9.71. The predicted molar refractivity (Wildman–Crippen MR) is 76.3 cm³/mol. The number of nitrogens with two attached hydrogens (primary N) is 1. The van der Waals surface area contributed by atoms with Gasteiger partial charge in [-0.15, -0.1) is 0 Å². The van der Waals surface area contributed by atoms with Crippen molar-refractivity contribution in [3.63, 3.8) is 0 Å². The number of amides is 3. The van der Waals surface area contributed by atoms with Crippen molar-refractivity contribution in [2.75, 3.05) is 26.2 Å². The minimum atomic E-state index is -0.998. The van der Waals surface area contributed by atoms with Gasteiger partial charge in [-0.2, -0.15) is 0 Å². The highest BCUT2D eigenvalue weighted by Gasteiger charge is 2.56. The molecular formula is C14H23N3O5. The molecule has 0 aromatic carbocycles. The van der Waals surface area contributed by atoms with Crippen LogP contribution in [0.3, 0.4) is 0 Å². The van der Waals surface area contributed by atoms with E-state index in [4.69, 9.17) is 5.73 Å². The number of β-lactam (4-membered cyclic amide) rings is 1. The smallest absolute Gasteiger partial charge is 0.242 e. The van der Waals surface area contributed by atoms with Crippen molar-refractivity contribution in [2.45, 2.75) is 38.3 Å². The number of piperidine rings is 1. The summed E-state index contributed by atoms with van der Waals surface area (Å²) in [6.07, 6.45) is 0.671.